The molecule has 0 N–H and O–H groups in total. The van der Waals surface area contributed by atoms with Gasteiger partial charge < -0.3 is 39.6 Å². The molecular weight excluding hydrogens is 348 g/mol. The van der Waals surface area contributed by atoms with Crippen LogP contribution >= 0.6 is 0 Å². The first-order valence-corrected chi connectivity index (χ1v) is 3.63. The molecule has 0 saturated carbocycles. The van der Waals surface area contributed by atoms with E-state index in [1.807, 2.05) is 0 Å². The van der Waals surface area contributed by atoms with Gasteiger partial charge in [-0.05, 0) is 27.7 Å². The summed E-state index contributed by atoms with van der Waals surface area (Å²) in [5, 5.41) is 35.6. The summed E-state index contributed by atoms with van der Waals surface area (Å²) in [6.45, 7) is 3.89. The first kappa shape index (κ1) is 36.0. The molecule has 0 aromatic heterocycles. The van der Waals surface area contributed by atoms with Gasteiger partial charge in [-0.3, -0.25) is 0 Å². The molecular formula is C8H12NiO8Zn. The Bertz CT molecular complexity index is 167. The van der Waals surface area contributed by atoms with Crippen LogP contribution in [0.3, 0.4) is 0 Å². The van der Waals surface area contributed by atoms with Gasteiger partial charge in [-0.15, -0.1) is 0 Å². The summed E-state index contributed by atoms with van der Waals surface area (Å²) in [5.74, 6) is -4.33. The largest absolute Gasteiger partial charge is 2.00 e. The quantitative estimate of drug-likeness (QED) is 0.388. The molecule has 0 aromatic carbocycles. The molecule has 0 aromatic rings. The van der Waals surface area contributed by atoms with E-state index in [1.165, 1.54) is 0 Å². The molecule has 0 saturated heterocycles. The Balaban J connectivity index is -0.0000000257. The molecule has 0 aliphatic rings. The number of carbonyl (C=O) groups is 4. The van der Waals surface area contributed by atoms with E-state index in [4.69, 9.17) is 39.6 Å². The van der Waals surface area contributed by atoms with Crippen molar-refractivity contribution < 1.29 is 75.6 Å². The smallest absolute Gasteiger partial charge is 0.550 e. The first-order valence-electron chi connectivity index (χ1n) is 3.63. The minimum atomic E-state index is -1.08. The normalized spacial score (nSPS) is 5.56. The van der Waals surface area contributed by atoms with Gasteiger partial charge in [0.2, 0.25) is 0 Å². The van der Waals surface area contributed by atoms with E-state index in [2.05, 4.69) is 0 Å². The third kappa shape index (κ3) is 2920. The molecule has 0 amide bonds. The van der Waals surface area contributed by atoms with Crippen LogP contribution in [0.5, 0.6) is 0 Å². The summed E-state index contributed by atoms with van der Waals surface area (Å²) in [5.41, 5.74) is 0. The molecule has 0 bridgehead atoms. The van der Waals surface area contributed by atoms with Gasteiger partial charge in [-0.2, -0.15) is 0 Å². The topological polar surface area (TPSA) is 161 Å². The SMILES string of the molecule is CC(=O)[O-].CC(=O)[O-].CC(=O)[O-].CC(=O)[O-].[Ni+2].[Zn+2]. The Morgan fingerprint density at radius 2 is 0.556 bits per heavy atom. The fourth-order valence-electron chi connectivity index (χ4n) is 0. The van der Waals surface area contributed by atoms with Crippen molar-refractivity contribution in [3.63, 3.8) is 0 Å². The van der Waals surface area contributed by atoms with E-state index in [9.17, 15) is 0 Å². The molecule has 0 rings (SSSR count). The van der Waals surface area contributed by atoms with Crippen LogP contribution in [0.15, 0.2) is 0 Å². The van der Waals surface area contributed by atoms with Crippen LogP contribution in [0.4, 0.5) is 0 Å². The van der Waals surface area contributed by atoms with Gasteiger partial charge in [0.05, 0.1) is 0 Å². The van der Waals surface area contributed by atoms with Crippen molar-refractivity contribution in [3.8, 4) is 0 Å². The average Bonchev–Trinajstić information content (AvgIpc) is 1.76. The number of hydrogen-bond acceptors (Lipinski definition) is 8. The van der Waals surface area contributed by atoms with E-state index in [0.717, 1.165) is 27.7 Å². The third-order valence-electron chi connectivity index (χ3n) is 0. The van der Waals surface area contributed by atoms with Crippen molar-refractivity contribution in [3.05, 3.63) is 0 Å². The standard InChI is InChI=1S/4C2H4O2.Ni.Zn/c4*1-2(3)4;;/h4*1H3,(H,3,4);;/q;;;;2*+2/p-4. The Labute approximate surface area is 127 Å². The summed E-state index contributed by atoms with van der Waals surface area (Å²) in [6, 6.07) is 0. The molecule has 0 unspecified atom stereocenters. The van der Waals surface area contributed by atoms with Crippen LogP contribution in [0.25, 0.3) is 0 Å². The molecule has 10 heteroatoms. The van der Waals surface area contributed by atoms with Crippen molar-refractivity contribution >= 4 is 23.9 Å². The van der Waals surface area contributed by atoms with E-state index in [1.54, 1.807) is 0 Å². The van der Waals surface area contributed by atoms with Gasteiger partial charge in [0.15, 0.2) is 0 Å². The summed E-state index contributed by atoms with van der Waals surface area (Å²) in [4.78, 5) is 35.6. The maximum atomic E-state index is 8.89. The van der Waals surface area contributed by atoms with Crippen molar-refractivity contribution in [2.75, 3.05) is 0 Å². The van der Waals surface area contributed by atoms with Gasteiger partial charge in [0.1, 0.15) is 0 Å². The fraction of sp³-hybridized carbons (Fsp3) is 0.500. The van der Waals surface area contributed by atoms with E-state index >= 15 is 0 Å². The molecule has 0 spiro atoms. The minimum absolute atomic E-state index is 0. The molecule has 104 valence electrons. The number of rotatable bonds is 0. The van der Waals surface area contributed by atoms with Crippen molar-refractivity contribution in [2.24, 2.45) is 0 Å². The monoisotopic (exact) mass is 358 g/mol. The molecule has 0 atom stereocenters. The third-order valence-corrected chi connectivity index (χ3v) is 0. The van der Waals surface area contributed by atoms with Crippen LogP contribution in [0.2, 0.25) is 0 Å². The molecule has 0 heterocycles. The van der Waals surface area contributed by atoms with E-state index < -0.39 is 23.9 Å². The molecule has 0 radical (unpaired) electrons. The fourth-order valence-corrected chi connectivity index (χ4v) is 0. The summed E-state index contributed by atoms with van der Waals surface area (Å²) < 4.78 is 0. The van der Waals surface area contributed by atoms with E-state index in [0.29, 0.717) is 0 Å². The number of aliphatic carboxylic acids is 4. The van der Waals surface area contributed by atoms with Gasteiger partial charge in [-0.1, -0.05) is 0 Å². The van der Waals surface area contributed by atoms with Crippen molar-refractivity contribution in [1.29, 1.82) is 0 Å². The summed E-state index contributed by atoms with van der Waals surface area (Å²) in [7, 11) is 0. The van der Waals surface area contributed by atoms with Crippen LogP contribution in [0.1, 0.15) is 27.7 Å². The Hall–Kier alpha value is -1.00. The average molecular weight is 360 g/mol. The maximum absolute atomic E-state index is 8.89. The predicted octanol–water partition coefficient (Wildman–Crippen LogP) is -4.98. The van der Waals surface area contributed by atoms with Gasteiger partial charge >= 0.3 is 36.0 Å². The number of hydrogen-bond donors (Lipinski definition) is 0. The summed E-state index contributed by atoms with van der Waals surface area (Å²) in [6.07, 6.45) is 0. The zero-order valence-corrected chi connectivity index (χ0v) is 14.2. The van der Waals surface area contributed by atoms with Crippen molar-refractivity contribution in [2.45, 2.75) is 27.7 Å². The maximum Gasteiger partial charge on any atom is 2.00 e. The van der Waals surface area contributed by atoms with Crippen LogP contribution in [-0.2, 0) is 55.1 Å². The van der Waals surface area contributed by atoms with E-state index in [-0.39, 0.29) is 36.0 Å². The first-order chi connectivity index (χ1) is 6.93. The van der Waals surface area contributed by atoms with Crippen LogP contribution in [0, 0.1) is 0 Å². The second-order valence-electron chi connectivity index (χ2n) is 1.97. The zero-order valence-electron chi connectivity index (χ0n) is 10.3. The number of carbonyl (C=O) groups excluding carboxylic acids is 4. The van der Waals surface area contributed by atoms with Gasteiger partial charge in [0.25, 0.3) is 0 Å². The number of carboxylic acids is 4. The molecule has 0 aliphatic carbocycles. The van der Waals surface area contributed by atoms with Crippen LogP contribution < -0.4 is 20.4 Å². The summed E-state index contributed by atoms with van der Waals surface area (Å²) >= 11 is 0. The predicted molar refractivity (Wildman–Crippen MR) is 42.7 cm³/mol. The van der Waals surface area contributed by atoms with Crippen molar-refractivity contribution in [1.82, 2.24) is 0 Å². The Morgan fingerprint density at radius 1 is 0.556 bits per heavy atom. The molecule has 0 fully saturated rings. The van der Waals surface area contributed by atoms with Gasteiger partial charge in [0, 0.05) is 23.9 Å². The second kappa shape index (κ2) is 29.8. The Kier molecular flexibility index (Phi) is 59.4. The second-order valence-corrected chi connectivity index (χ2v) is 1.97. The molecule has 0 aliphatic heterocycles. The number of carboxylic acid groups (broad SMARTS) is 4. The zero-order chi connectivity index (χ0) is 14.3. The molecule has 18 heavy (non-hydrogen) atoms. The van der Waals surface area contributed by atoms with Crippen LogP contribution in [-0.4, -0.2) is 23.9 Å². The Morgan fingerprint density at radius 3 is 0.556 bits per heavy atom. The minimum Gasteiger partial charge on any atom is -0.550 e. The molecule has 8 nitrogen and oxygen atoms in total. The van der Waals surface area contributed by atoms with Gasteiger partial charge in [-0.25, -0.2) is 0 Å².